The maximum atomic E-state index is 6.01. The molecular weight excluding hydrogens is 186 g/mol. The van der Waals surface area contributed by atoms with Gasteiger partial charge in [-0.05, 0) is 51.9 Å². The van der Waals surface area contributed by atoms with Gasteiger partial charge in [-0.2, -0.15) is 0 Å². The van der Waals surface area contributed by atoms with Gasteiger partial charge in [0.25, 0.3) is 0 Å². The average molecular weight is 213 g/mol. The van der Waals surface area contributed by atoms with Crippen LogP contribution in [0.1, 0.15) is 59.8 Å². The molecule has 0 radical (unpaired) electrons. The van der Waals surface area contributed by atoms with Crippen LogP contribution in [0.3, 0.4) is 0 Å². The lowest BCUT2D eigenvalue weighted by molar-refractivity contribution is -0.0192. The summed E-state index contributed by atoms with van der Waals surface area (Å²) in [5, 5.41) is 0. The van der Waals surface area contributed by atoms with Crippen LogP contribution < -0.4 is 5.73 Å². The van der Waals surface area contributed by atoms with E-state index in [2.05, 4.69) is 27.7 Å². The second-order valence-electron chi connectivity index (χ2n) is 5.88. The van der Waals surface area contributed by atoms with Gasteiger partial charge >= 0.3 is 0 Å². The zero-order chi connectivity index (χ0) is 11.5. The smallest absolute Gasteiger partial charge is 0.0631 e. The molecule has 0 aromatic heterocycles. The van der Waals surface area contributed by atoms with Crippen molar-refractivity contribution in [3.63, 3.8) is 0 Å². The molecular formula is C13H27NO. The van der Waals surface area contributed by atoms with Crippen LogP contribution in [0, 0.1) is 5.92 Å². The number of ether oxygens (including phenoxy) is 1. The van der Waals surface area contributed by atoms with Gasteiger partial charge in [-0.15, -0.1) is 0 Å². The van der Waals surface area contributed by atoms with Gasteiger partial charge in [0, 0.05) is 6.04 Å². The third kappa shape index (κ3) is 4.52. The fourth-order valence-corrected chi connectivity index (χ4v) is 2.20. The van der Waals surface area contributed by atoms with Crippen molar-refractivity contribution < 1.29 is 4.74 Å². The standard InChI is InChI=1S/C13H27NO/c1-10(2)12(14)7-5-6-11-8-9-13(3,4)15-11/h10-12H,5-9,14H2,1-4H3. The Morgan fingerprint density at radius 3 is 2.53 bits per heavy atom. The van der Waals surface area contributed by atoms with Crippen LogP contribution in [0.25, 0.3) is 0 Å². The zero-order valence-electron chi connectivity index (χ0n) is 10.8. The van der Waals surface area contributed by atoms with Crippen LogP contribution in [0.2, 0.25) is 0 Å². The molecule has 0 amide bonds. The summed E-state index contributed by atoms with van der Waals surface area (Å²) in [7, 11) is 0. The largest absolute Gasteiger partial charge is 0.372 e. The van der Waals surface area contributed by atoms with E-state index in [-0.39, 0.29) is 5.60 Å². The van der Waals surface area contributed by atoms with Crippen molar-refractivity contribution in [3.8, 4) is 0 Å². The van der Waals surface area contributed by atoms with E-state index >= 15 is 0 Å². The van der Waals surface area contributed by atoms with Crippen molar-refractivity contribution >= 4 is 0 Å². The van der Waals surface area contributed by atoms with Crippen LogP contribution in [0.15, 0.2) is 0 Å². The predicted molar refractivity (Wildman–Crippen MR) is 64.9 cm³/mol. The molecule has 2 nitrogen and oxygen atoms in total. The molecule has 1 rings (SSSR count). The maximum Gasteiger partial charge on any atom is 0.0631 e. The lowest BCUT2D eigenvalue weighted by Crippen LogP contribution is -2.26. The minimum Gasteiger partial charge on any atom is -0.372 e. The van der Waals surface area contributed by atoms with Gasteiger partial charge in [0.1, 0.15) is 0 Å². The van der Waals surface area contributed by atoms with Crippen molar-refractivity contribution in [2.24, 2.45) is 11.7 Å². The summed E-state index contributed by atoms with van der Waals surface area (Å²) in [5.41, 5.74) is 6.13. The molecule has 1 heterocycles. The first kappa shape index (κ1) is 13.0. The molecule has 1 aliphatic rings. The maximum absolute atomic E-state index is 6.01. The molecule has 0 aromatic rings. The Balaban J connectivity index is 2.11. The summed E-state index contributed by atoms with van der Waals surface area (Å²) in [5.74, 6) is 0.603. The van der Waals surface area contributed by atoms with Gasteiger partial charge in [-0.25, -0.2) is 0 Å². The Bertz CT molecular complexity index is 189. The Hall–Kier alpha value is -0.0800. The van der Waals surface area contributed by atoms with Crippen molar-refractivity contribution in [1.29, 1.82) is 0 Å². The zero-order valence-corrected chi connectivity index (χ0v) is 10.8. The molecule has 2 unspecified atom stereocenters. The van der Waals surface area contributed by atoms with E-state index in [9.17, 15) is 0 Å². The van der Waals surface area contributed by atoms with Gasteiger partial charge in [-0.1, -0.05) is 13.8 Å². The SMILES string of the molecule is CC(C)C(N)CCCC1CCC(C)(C)O1. The van der Waals surface area contributed by atoms with E-state index < -0.39 is 0 Å². The highest BCUT2D eigenvalue weighted by atomic mass is 16.5. The highest BCUT2D eigenvalue weighted by Crippen LogP contribution is 2.31. The molecule has 0 bridgehead atoms. The van der Waals surface area contributed by atoms with Crippen LogP contribution in [0.5, 0.6) is 0 Å². The predicted octanol–water partition coefficient (Wildman–Crippen LogP) is 3.10. The molecule has 0 aliphatic carbocycles. The lowest BCUT2D eigenvalue weighted by Gasteiger charge is -2.20. The van der Waals surface area contributed by atoms with Crippen molar-refractivity contribution in [1.82, 2.24) is 0 Å². The molecule has 2 N–H and O–H groups in total. The van der Waals surface area contributed by atoms with Crippen LogP contribution in [-0.2, 0) is 4.74 Å². The third-order valence-corrected chi connectivity index (χ3v) is 3.47. The van der Waals surface area contributed by atoms with Gasteiger partial charge in [0.15, 0.2) is 0 Å². The molecule has 1 fully saturated rings. The summed E-state index contributed by atoms with van der Waals surface area (Å²) in [4.78, 5) is 0. The van der Waals surface area contributed by atoms with Gasteiger partial charge in [0.05, 0.1) is 11.7 Å². The monoisotopic (exact) mass is 213 g/mol. The summed E-state index contributed by atoms with van der Waals surface area (Å²) in [6, 6.07) is 0.361. The number of hydrogen-bond donors (Lipinski definition) is 1. The van der Waals surface area contributed by atoms with Crippen molar-refractivity contribution in [2.45, 2.75) is 77.5 Å². The molecule has 0 saturated carbocycles. The fraction of sp³-hybridized carbons (Fsp3) is 1.00. The quantitative estimate of drug-likeness (QED) is 0.761. The number of nitrogens with two attached hydrogens (primary N) is 1. The minimum absolute atomic E-state index is 0.116. The Morgan fingerprint density at radius 1 is 1.40 bits per heavy atom. The molecule has 1 saturated heterocycles. The Kier molecular flexibility index (Phi) is 4.60. The molecule has 2 heteroatoms. The summed E-state index contributed by atoms with van der Waals surface area (Å²) in [6.07, 6.45) is 6.44. The molecule has 90 valence electrons. The molecule has 0 aromatic carbocycles. The van der Waals surface area contributed by atoms with Gasteiger partial charge in [-0.3, -0.25) is 0 Å². The number of rotatable bonds is 5. The average Bonchev–Trinajstić information content (AvgIpc) is 2.45. The Labute approximate surface area is 94.6 Å². The van der Waals surface area contributed by atoms with Gasteiger partial charge < -0.3 is 10.5 Å². The minimum atomic E-state index is 0.116. The van der Waals surface area contributed by atoms with Crippen molar-refractivity contribution in [2.75, 3.05) is 0 Å². The first-order valence-electron chi connectivity index (χ1n) is 6.34. The summed E-state index contributed by atoms with van der Waals surface area (Å²) >= 11 is 0. The second kappa shape index (κ2) is 5.31. The Morgan fingerprint density at radius 2 is 2.07 bits per heavy atom. The van der Waals surface area contributed by atoms with E-state index in [1.54, 1.807) is 0 Å². The molecule has 2 atom stereocenters. The first-order valence-corrected chi connectivity index (χ1v) is 6.34. The number of hydrogen-bond acceptors (Lipinski definition) is 2. The van der Waals surface area contributed by atoms with Crippen LogP contribution in [-0.4, -0.2) is 17.7 Å². The molecule has 0 spiro atoms. The molecule has 15 heavy (non-hydrogen) atoms. The highest BCUT2D eigenvalue weighted by molar-refractivity contribution is 4.81. The molecule has 1 aliphatic heterocycles. The summed E-state index contributed by atoms with van der Waals surface area (Å²) < 4.78 is 5.95. The van der Waals surface area contributed by atoms with E-state index in [0.717, 1.165) is 6.42 Å². The van der Waals surface area contributed by atoms with E-state index in [0.29, 0.717) is 18.1 Å². The normalized spacial score (nSPS) is 27.2. The van der Waals surface area contributed by atoms with Crippen LogP contribution >= 0.6 is 0 Å². The second-order valence-corrected chi connectivity index (χ2v) is 5.88. The first-order chi connectivity index (χ1) is 6.91. The van der Waals surface area contributed by atoms with E-state index in [1.807, 2.05) is 0 Å². The summed E-state index contributed by atoms with van der Waals surface area (Å²) in [6.45, 7) is 8.76. The lowest BCUT2D eigenvalue weighted by atomic mass is 9.97. The van der Waals surface area contributed by atoms with Gasteiger partial charge in [0.2, 0.25) is 0 Å². The van der Waals surface area contributed by atoms with E-state index in [4.69, 9.17) is 10.5 Å². The van der Waals surface area contributed by atoms with Crippen LogP contribution in [0.4, 0.5) is 0 Å². The van der Waals surface area contributed by atoms with Crippen molar-refractivity contribution in [3.05, 3.63) is 0 Å². The third-order valence-electron chi connectivity index (χ3n) is 3.47. The van der Waals surface area contributed by atoms with E-state index in [1.165, 1.54) is 25.7 Å². The fourth-order valence-electron chi connectivity index (χ4n) is 2.20. The highest BCUT2D eigenvalue weighted by Gasteiger charge is 2.31. The topological polar surface area (TPSA) is 35.2 Å².